The number of nitrogens with two attached hydrogens (primary N) is 1. The highest BCUT2D eigenvalue weighted by Gasteiger charge is 2.32. The van der Waals surface area contributed by atoms with E-state index in [2.05, 4.69) is 4.99 Å². The van der Waals surface area contributed by atoms with Gasteiger partial charge in [-0.15, -0.1) is 0 Å². The standard InChI is InChI=1S/C13H14N2O4/c14-8-4-7-10(16)18-12-13(17)19-11(15-12)9-5-2-1-3-6-9/h1-3,5-6,12H,4,7-8,14H2. The number of esters is 2. The summed E-state index contributed by atoms with van der Waals surface area (Å²) in [7, 11) is 0. The first-order valence-corrected chi connectivity index (χ1v) is 5.95. The van der Waals surface area contributed by atoms with Crippen molar-refractivity contribution in [3.63, 3.8) is 0 Å². The van der Waals surface area contributed by atoms with Crippen molar-refractivity contribution in [2.24, 2.45) is 10.7 Å². The van der Waals surface area contributed by atoms with E-state index in [9.17, 15) is 9.59 Å². The monoisotopic (exact) mass is 262 g/mol. The summed E-state index contributed by atoms with van der Waals surface area (Å²) in [5, 5.41) is 0. The van der Waals surface area contributed by atoms with Gasteiger partial charge in [-0.05, 0) is 25.1 Å². The Morgan fingerprint density at radius 1 is 1.37 bits per heavy atom. The molecule has 0 fully saturated rings. The van der Waals surface area contributed by atoms with Crippen molar-refractivity contribution in [2.75, 3.05) is 6.54 Å². The molecule has 0 saturated heterocycles. The molecule has 1 heterocycles. The number of hydrogen-bond acceptors (Lipinski definition) is 6. The molecule has 0 amide bonds. The normalized spacial score (nSPS) is 17.8. The second-order valence-corrected chi connectivity index (χ2v) is 3.96. The van der Waals surface area contributed by atoms with Gasteiger partial charge in [0.2, 0.25) is 5.90 Å². The zero-order chi connectivity index (χ0) is 13.7. The van der Waals surface area contributed by atoms with Crippen LogP contribution < -0.4 is 5.73 Å². The molecule has 1 aliphatic rings. The summed E-state index contributed by atoms with van der Waals surface area (Å²) in [6.45, 7) is 0.392. The second kappa shape index (κ2) is 6.10. The number of hydrogen-bond donors (Lipinski definition) is 1. The second-order valence-electron chi connectivity index (χ2n) is 3.96. The topological polar surface area (TPSA) is 91.0 Å². The Balaban J connectivity index is 2.01. The van der Waals surface area contributed by atoms with Crippen LogP contribution in [0.1, 0.15) is 18.4 Å². The summed E-state index contributed by atoms with van der Waals surface area (Å²) in [6.07, 6.45) is -0.535. The van der Waals surface area contributed by atoms with Gasteiger partial charge in [0.25, 0.3) is 6.23 Å². The maximum Gasteiger partial charge on any atom is 0.378 e. The lowest BCUT2D eigenvalue weighted by Crippen LogP contribution is -2.22. The van der Waals surface area contributed by atoms with Gasteiger partial charge in [0.15, 0.2) is 0 Å². The van der Waals surface area contributed by atoms with Crippen molar-refractivity contribution in [3.8, 4) is 0 Å². The zero-order valence-corrected chi connectivity index (χ0v) is 10.2. The first-order valence-electron chi connectivity index (χ1n) is 5.95. The highest BCUT2D eigenvalue weighted by Crippen LogP contribution is 2.14. The van der Waals surface area contributed by atoms with Gasteiger partial charge in [0.1, 0.15) is 0 Å². The van der Waals surface area contributed by atoms with Crippen molar-refractivity contribution in [3.05, 3.63) is 35.9 Å². The fraction of sp³-hybridized carbons (Fsp3) is 0.308. The summed E-state index contributed by atoms with van der Waals surface area (Å²) in [5.41, 5.74) is 5.95. The number of rotatable bonds is 5. The van der Waals surface area contributed by atoms with E-state index in [1.165, 1.54) is 0 Å². The number of benzene rings is 1. The van der Waals surface area contributed by atoms with Crippen LogP contribution in [0.15, 0.2) is 35.3 Å². The van der Waals surface area contributed by atoms with E-state index in [1.807, 2.05) is 6.07 Å². The molecule has 6 heteroatoms. The summed E-state index contributed by atoms with van der Waals surface area (Å²) in [6, 6.07) is 8.94. The van der Waals surface area contributed by atoms with E-state index >= 15 is 0 Å². The number of nitrogens with zero attached hydrogens (tertiary/aromatic N) is 1. The van der Waals surface area contributed by atoms with Gasteiger partial charge in [-0.2, -0.15) is 4.99 Å². The molecule has 0 saturated carbocycles. The first-order chi connectivity index (χ1) is 9.20. The van der Waals surface area contributed by atoms with Gasteiger partial charge in [-0.1, -0.05) is 18.2 Å². The van der Waals surface area contributed by atoms with E-state index in [0.29, 0.717) is 18.5 Å². The van der Waals surface area contributed by atoms with Crippen LogP contribution in [0.3, 0.4) is 0 Å². The average molecular weight is 262 g/mol. The molecule has 1 atom stereocenters. The molecule has 1 aromatic rings. The number of cyclic esters (lactones) is 1. The smallest absolute Gasteiger partial charge is 0.378 e. The van der Waals surface area contributed by atoms with Crippen molar-refractivity contribution >= 4 is 17.8 Å². The Kier molecular flexibility index (Phi) is 4.25. The SMILES string of the molecule is NCCCC(=O)OC1N=C(c2ccccc2)OC1=O. The van der Waals surface area contributed by atoms with Crippen molar-refractivity contribution in [1.29, 1.82) is 0 Å². The van der Waals surface area contributed by atoms with E-state index in [-0.39, 0.29) is 12.3 Å². The van der Waals surface area contributed by atoms with Crippen LogP contribution in [0.25, 0.3) is 0 Å². The number of carbonyl (C=O) groups is 2. The third kappa shape index (κ3) is 3.38. The van der Waals surface area contributed by atoms with Gasteiger partial charge < -0.3 is 15.2 Å². The van der Waals surface area contributed by atoms with E-state index in [0.717, 1.165) is 0 Å². The first kappa shape index (κ1) is 13.2. The predicted octanol–water partition coefficient (Wildman–Crippen LogP) is 0.598. The molecule has 2 rings (SSSR count). The summed E-state index contributed by atoms with van der Waals surface area (Å²) >= 11 is 0. The quantitative estimate of drug-likeness (QED) is 0.784. The molecule has 1 aromatic carbocycles. The Labute approximate surface area is 110 Å². The maximum atomic E-state index is 11.5. The molecule has 1 unspecified atom stereocenters. The minimum Gasteiger partial charge on any atom is -0.428 e. The van der Waals surface area contributed by atoms with Crippen molar-refractivity contribution in [2.45, 2.75) is 19.1 Å². The molecule has 0 spiro atoms. The lowest BCUT2D eigenvalue weighted by Gasteiger charge is -2.05. The summed E-state index contributed by atoms with van der Waals surface area (Å²) in [5.74, 6) is -1.02. The molecule has 6 nitrogen and oxygen atoms in total. The maximum absolute atomic E-state index is 11.5. The third-order valence-electron chi connectivity index (χ3n) is 2.48. The van der Waals surface area contributed by atoms with Crippen LogP contribution in [0, 0.1) is 0 Å². The molecule has 1 aliphatic heterocycles. The Hall–Kier alpha value is -2.21. The lowest BCUT2D eigenvalue weighted by molar-refractivity contribution is -0.160. The average Bonchev–Trinajstić information content (AvgIpc) is 2.79. The highest BCUT2D eigenvalue weighted by molar-refractivity contribution is 6.06. The molecule has 2 N–H and O–H groups in total. The zero-order valence-electron chi connectivity index (χ0n) is 10.2. The molecule has 0 bridgehead atoms. The minimum atomic E-state index is -1.21. The lowest BCUT2D eigenvalue weighted by atomic mass is 10.2. The van der Waals surface area contributed by atoms with Crippen LogP contribution in [0.4, 0.5) is 0 Å². The fourth-order valence-electron chi connectivity index (χ4n) is 1.55. The van der Waals surface area contributed by atoms with Crippen molar-refractivity contribution in [1.82, 2.24) is 0 Å². The van der Waals surface area contributed by atoms with Crippen LogP contribution in [0.2, 0.25) is 0 Å². The number of aliphatic imine (C=N–C) groups is 1. The molecular formula is C13H14N2O4. The molecule has 19 heavy (non-hydrogen) atoms. The van der Waals surface area contributed by atoms with Gasteiger partial charge in [0.05, 0.1) is 0 Å². The van der Waals surface area contributed by atoms with Gasteiger partial charge >= 0.3 is 11.9 Å². The summed E-state index contributed by atoms with van der Waals surface area (Å²) < 4.78 is 9.90. The van der Waals surface area contributed by atoms with Gasteiger partial charge in [0, 0.05) is 12.0 Å². The van der Waals surface area contributed by atoms with E-state index in [4.69, 9.17) is 15.2 Å². The van der Waals surface area contributed by atoms with Gasteiger partial charge in [-0.3, -0.25) is 4.79 Å². The predicted molar refractivity (Wildman–Crippen MR) is 67.2 cm³/mol. The molecular weight excluding hydrogens is 248 g/mol. The van der Waals surface area contributed by atoms with E-state index < -0.39 is 18.2 Å². The minimum absolute atomic E-state index is 0.163. The van der Waals surface area contributed by atoms with Crippen molar-refractivity contribution < 1.29 is 19.1 Å². The van der Waals surface area contributed by atoms with Crippen LogP contribution >= 0.6 is 0 Å². The molecule has 0 aromatic heterocycles. The summed E-state index contributed by atoms with van der Waals surface area (Å²) in [4.78, 5) is 26.9. The fourth-order valence-corrected chi connectivity index (χ4v) is 1.55. The molecule has 0 radical (unpaired) electrons. The van der Waals surface area contributed by atoms with Crippen LogP contribution in [-0.4, -0.2) is 30.6 Å². The molecule has 0 aliphatic carbocycles. The van der Waals surface area contributed by atoms with E-state index in [1.54, 1.807) is 24.3 Å². The Morgan fingerprint density at radius 3 is 2.79 bits per heavy atom. The van der Waals surface area contributed by atoms with Crippen LogP contribution in [-0.2, 0) is 19.1 Å². The Morgan fingerprint density at radius 2 is 2.11 bits per heavy atom. The number of carbonyl (C=O) groups excluding carboxylic acids is 2. The Bertz CT molecular complexity index is 499. The van der Waals surface area contributed by atoms with Gasteiger partial charge in [-0.25, -0.2) is 4.79 Å². The largest absolute Gasteiger partial charge is 0.428 e. The third-order valence-corrected chi connectivity index (χ3v) is 2.48. The molecule has 100 valence electrons. The number of ether oxygens (including phenoxy) is 2. The van der Waals surface area contributed by atoms with Crippen LogP contribution in [0.5, 0.6) is 0 Å². The highest BCUT2D eigenvalue weighted by atomic mass is 16.6.